The lowest BCUT2D eigenvalue weighted by molar-refractivity contribution is -0.125. The first-order chi connectivity index (χ1) is 7.07. The number of amides is 1. The average molecular weight is 214 g/mol. The van der Waals surface area contributed by atoms with Crippen LogP contribution in [0.15, 0.2) is 0 Å². The average Bonchev–Trinajstić information content (AvgIpc) is 2.26. The van der Waals surface area contributed by atoms with E-state index in [4.69, 9.17) is 10.5 Å². The van der Waals surface area contributed by atoms with Gasteiger partial charge in [0, 0.05) is 32.2 Å². The molecule has 0 aromatic heterocycles. The fraction of sp³-hybridized carbons (Fsp3) is 0.909. The largest absolute Gasteiger partial charge is 0.381 e. The Morgan fingerprint density at radius 1 is 1.53 bits per heavy atom. The molecule has 1 rings (SSSR count). The van der Waals surface area contributed by atoms with Crippen molar-refractivity contribution in [2.75, 3.05) is 26.3 Å². The van der Waals surface area contributed by atoms with Crippen LogP contribution >= 0.6 is 0 Å². The summed E-state index contributed by atoms with van der Waals surface area (Å²) < 4.78 is 5.31. The van der Waals surface area contributed by atoms with Crippen molar-refractivity contribution in [1.82, 2.24) is 5.32 Å². The normalized spacial score (nSPS) is 22.1. The molecule has 4 nitrogen and oxygen atoms in total. The maximum absolute atomic E-state index is 11.5. The second kappa shape index (κ2) is 5.47. The molecule has 0 aliphatic carbocycles. The van der Waals surface area contributed by atoms with Gasteiger partial charge in [-0.1, -0.05) is 13.8 Å². The number of carbonyl (C=O) groups excluding carboxylic acids is 1. The van der Waals surface area contributed by atoms with Crippen LogP contribution in [-0.4, -0.2) is 32.2 Å². The van der Waals surface area contributed by atoms with Crippen LogP contribution in [0.4, 0.5) is 0 Å². The van der Waals surface area contributed by atoms with Crippen molar-refractivity contribution < 1.29 is 9.53 Å². The molecule has 1 heterocycles. The Kier molecular flexibility index (Phi) is 4.54. The van der Waals surface area contributed by atoms with Gasteiger partial charge in [-0.2, -0.15) is 0 Å². The molecule has 1 unspecified atom stereocenters. The van der Waals surface area contributed by atoms with Gasteiger partial charge in [-0.05, 0) is 18.3 Å². The summed E-state index contributed by atoms with van der Waals surface area (Å²) >= 11 is 0. The molecule has 1 aliphatic heterocycles. The van der Waals surface area contributed by atoms with Gasteiger partial charge in [0.15, 0.2) is 0 Å². The Labute approximate surface area is 91.5 Å². The number of hydrogen-bond donors (Lipinski definition) is 2. The van der Waals surface area contributed by atoms with Gasteiger partial charge < -0.3 is 15.8 Å². The molecule has 3 N–H and O–H groups in total. The van der Waals surface area contributed by atoms with Crippen molar-refractivity contribution in [1.29, 1.82) is 0 Å². The zero-order valence-electron chi connectivity index (χ0n) is 9.71. The van der Waals surface area contributed by atoms with Crippen LogP contribution in [0.1, 0.15) is 26.7 Å². The molecule has 0 spiro atoms. The summed E-state index contributed by atoms with van der Waals surface area (Å²) in [6.07, 6.45) is 2.04. The molecule has 1 aliphatic rings. The van der Waals surface area contributed by atoms with Crippen LogP contribution in [-0.2, 0) is 9.53 Å². The Balaban J connectivity index is 2.31. The van der Waals surface area contributed by atoms with Crippen molar-refractivity contribution in [3.8, 4) is 0 Å². The minimum Gasteiger partial charge on any atom is -0.381 e. The van der Waals surface area contributed by atoms with E-state index < -0.39 is 0 Å². The van der Waals surface area contributed by atoms with Crippen molar-refractivity contribution >= 4 is 5.91 Å². The zero-order chi connectivity index (χ0) is 11.3. The van der Waals surface area contributed by atoms with E-state index in [1.165, 1.54) is 0 Å². The minimum absolute atomic E-state index is 0.0604. The molecule has 1 saturated heterocycles. The molecule has 15 heavy (non-hydrogen) atoms. The number of ether oxygens (including phenoxy) is 1. The topological polar surface area (TPSA) is 64.4 Å². The Hall–Kier alpha value is -0.610. The van der Waals surface area contributed by atoms with Crippen molar-refractivity contribution in [3.63, 3.8) is 0 Å². The molecule has 88 valence electrons. The lowest BCUT2D eigenvalue weighted by atomic mass is 9.82. The highest BCUT2D eigenvalue weighted by Crippen LogP contribution is 2.28. The fourth-order valence-corrected chi connectivity index (χ4v) is 1.62. The molecule has 0 aromatic rings. The van der Waals surface area contributed by atoms with Gasteiger partial charge in [0.2, 0.25) is 5.91 Å². The summed E-state index contributed by atoms with van der Waals surface area (Å²) in [6.45, 7) is 6.80. The van der Waals surface area contributed by atoms with E-state index in [0.717, 1.165) is 32.6 Å². The third kappa shape index (κ3) is 3.80. The van der Waals surface area contributed by atoms with Gasteiger partial charge in [-0.25, -0.2) is 0 Å². The molecule has 0 radical (unpaired) electrons. The Morgan fingerprint density at radius 2 is 2.13 bits per heavy atom. The highest BCUT2D eigenvalue weighted by Gasteiger charge is 2.28. The number of nitrogens with one attached hydrogen (secondary N) is 1. The van der Waals surface area contributed by atoms with E-state index in [-0.39, 0.29) is 17.2 Å². The van der Waals surface area contributed by atoms with Gasteiger partial charge in [-0.3, -0.25) is 4.79 Å². The first kappa shape index (κ1) is 12.5. The predicted molar refractivity (Wildman–Crippen MR) is 59.4 cm³/mol. The second-order valence-corrected chi connectivity index (χ2v) is 4.78. The van der Waals surface area contributed by atoms with Gasteiger partial charge in [0.1, 0.15) is 0 Å². The standard InChI is InChI=1S/C11H22N2O2/c1-9(7-12)10(14)13-8-11(2)3-5-15-6-4-11/h9H,3-8,12H2,1-2H3,(H,13,14). The second-order valence-electron chi connectivity index (χ2n) is 4.78. The molecule has 1 amide bonds. The number of nitrogens with two attached hydrogens (primary N) is 1. The zero-order valence-corrected chi connectivity index (χ0v) is 9.71. The van der Waals surface area contributed by atoms with Gasteiger partial charge >= 0.3 is 0 Å². The van der Waals surface area contributed by atoms with E-state index in [1.54, 1.807) is 0 Å². The van der Waals surface area contributed by atoms with Gasteiger partial charge in [0.05, 0.1) is 0 Å². The third-order valence-electron chi connectivity index (χ3n) is 3.19. The molecular weight excluding hydrogens is 192 g/mol. The molecular formula is C11H22N2O2. The summed E-state index contributed by atoms with van der Waals surface area (Å²) in [5.74, 6) is -0.0290. The molecule has 0 bridgehead atoms. The quantitative estimate of drug-likeness (QED) is 0.717. The summed E-state index contributed by atoms with van der Waals surface area (Å²) in [7, 11) is 0. The monoisotopic (exact) mass is 214 g/mol. The van der Waals surface area contributed by atoms with Crippen LogP contribution in [0.25, 0.3) is 0 Å². The SMILES string of the molecule is CC(CN)C(=O)NCC1(C)CCOCC1. The predicted octanol–water partition coefficient (Wildman–Crippen LogP) is 0.514. The first-order valence-corrected chi connectivity index (χ1v) is 5.63. The summed E-state index contributed by atoms with van der Waals surface area (Å²) in [4.78, 5) is 11.5. The van der Waals surface area contributed by atoms with Crippen molar-refractivity contribution in [2.45, 2.75) is 26.7 Å². The first-order valence-electron chi connectivity index (χ1n) is 5.63. The van der Waals surface area contributed by atoms with Gasteiger partial charge in [-0.15, -0.1) is 0 Å². The van der Waals surface area contributed by atoms with E-state index in [0.29, 0.717) is 6.54 Å². The highest BCUT2D eigenvalue weighted by atomic mass is 16.5. The lowest BCUT2D eigenvalue weighted by Gasteiger charge is -2.33. The van der Waals surface area contributed by atoms with E-state index in [9.17, 15) is 4.79 Å². The van der Waals surface area contributed by atoms with Crippen molar-refractivity contribution in [2.24, 2.45) is 17.1 Å². The smallest absolute Gasteiger partial charge is 0.224 e. The van der Waals surface area contributed by atoms with Crippen molar-refractivity contribution in [3.05, 3.63) is 0 Å². The number of carbonyl (C=O) groups is 1. The lowest BCUT2D eigenvalue weighted by Crippen LogP contribution is -2.42. The van der Waals surface area contributed by atoms with E-state index in [1.807, 2.05) is 6.92 Å². The number of rotatable bonds is 4. The summed E-state index contributed by atoms with van der Waals surface area (Å²) in [5, 5.41) is 2.97. The third-order valence-corrected chi connectivity index (χ3v) is 3.19. The highest BCUT2D eigenvalue weighted by molar-refractivity contribution is 5.78. The summed E-state index contributed by atoms with van der Waals surface area (Å²) in [6, 6.07) is 0. The van der Waals surface area contributed by atoms with Crippen LogP contribution in [0.2, 0.25) is 0 Å². The summed E-state index contributed by atoms with van der Waals surface area (Å²) in [5.41, 5.74) is 5.63. The molecule has 1 fully saturated rings. The number of hydrogen-bond acceptors (Lipinski definition) is 3. The molecule has 1 atom stereocenters. The Bertz CT molecular complexity index is 213. The van der Waals surface area contributed by atoms with Crippen LogP contribution in [0.3, 0.4) is 0 Å². The fourth-order valence-electron chi connectivity index (χ4n) is 1.62. The van der Waals surface area contributed by atoms with Gasteiger partial charge in [0.25, 0.3) is 0 Å². The Morgan fingerprint density at radius 3 is 2.67 bits per heavy atom. The van der Waals surface area contributed by atoms with Crippen LogP contribution in [0, 0.1) is 11.3 Å². The minimum atomic E-state index is -0.0894. The van der Waals surface area contributed by atoms with E-state index >= 15 is 0 Å². The molecule has 0 saturated carbocycles. The van der Waals surface area contributed by atoms with E-state index in [2.05, 4.69) is 12.2 Å². The van der Waals surface area contributed by atoms with Crippen LogP contribution < -0.4 is 11.1 Å². The maximum Gasteiger partial charge on any atom is 0.224 e. The maximum atomic E-state index is 11.5. The van der Waals surface area contributed by atoms with Crippen LogP contribution in [0.5, 0.6) is 0 Å². The molecule has 0 aromatic carbocycles. The molecule has 4 heteroatoms.